The van der Waals surface area contributed by atoms with Crippen LogP contribution in [0.15, 0.2) is 30.5 Å². The van der Waals surface area contributed by atoms with Gasteiger partial charge in [-0.1, -0.05) is 23.7 Å². The lowest BCUT2D eigenvalue weighted by Gasteiger charge is -2.21. The van der Waals surface area contributed by atoms with E-state index in [2.05, 4.69) is 10.5 Å². The van der Waals surface area contributed by atoms with Crippen molar-refractivity contribution in [1.29, 1.82) is 0 Å². The molecule has 0 aliphatic heterocycles. The topological polar surface area (TPSA) is 65.1 Å². The second-order valence-electron chi connectivity index (χ2n) is 4.79. The Labute approximate surface area is 123 Å². The molecule has 0 spiro atoms. The van der Waals surface area contributed by atoms with Crippen molar-refractivity contribution in [2.45, 2.75) is 25.9 Å². The third kappa shape index (κ3) is 2.80. The van der Waals surface area contributed by atoms with Crippen molar-refractivity contribution in [2.24, 2.45) is 5.84 Å². The lowest BCUT2D eigenvalue weighted by atomic mass is 10.0. The lowest BCUT2D eigenvalue weighted by molar-refractivity contribution is 0.413. The molecule has 2 aromatic rings. The van der Waals surface area contributed by atoms with Gasteiger partial charge in [-0.25, -0.2) is 5.43 Å². The molecule has 5 nitrogen and oxygen atoms in total. The van der Waals surface area contributed by atoms with E-state index in [0.29, 0.717) is 5.02 Å². The second kappa shape index (κ2) is 6.26. The quantitative estimate of drug-likeness (QED) is 0.657. The van der Waals surface area contributed by atoms with Gasteiger partial charge in [0.1, 0.15) is 5.75 Å². The molecule has 6 heteroatoms. The van der Waals surface area contributed by atoms with E-state index in [1.165, 1.54) is 0 Å². The van der Waals surface area contributed by atoms with E-state index in [9.17, 15) is 0 Å². The first kappa shape index (κ1) is 14.8. The van der Waals surface area contributed by atoms with Crippen molar-refractivity contribution in [2.75, 3.05) is 7.11 Å². The molecule has 108 valence electrons. The summed E-state index contributed by atoms with van der Waals surface area (Å²) in [5, 5.41) is 4.90. The summed E-state index contributed by atoms with van der Waals surface area (Å²) in [6, 6.07) is 7.65. The molecule has 0 aliphatic carbocycles. The molecule has 20 heavy (non-hydrogen) atoms. The molecule has 0 saturated heterocycles. The summed E-state index contributed by atoms with van der Waals surface area (Å²) in [6.07, 6.45) is 1.64. The molecule has 3 N–H and O–H groups in total. The number of ether oxygens (including phenoxy) is 1. The van der Waals surface area contributed by atoms with Crippen LogP contribution in [-0.4, -0.2) is 16.9 Å². The summed E-state index contributed by atoms with van der Waals surface area (Å²) in [6.45, 7) is 4.10. The Morgan fingerprint density at radius 1 is 1.40 bits per heavy atom. The molecule has 1 unspecified atom stereocenters. The SMILES string of the molecule is COc1cccc(C(NN)c2c(Cl)cnn2C(C)C)c1. The molecule has 1 aromatic carbocycles. The highest BCUT2D eigenvalue weighted by atomic mass is 35.5. The summed E-state index contributed by atoms with van der Waals surface area (Å²) in [4.78, 5) is 0. The molecular weight excluding hydrogens is 276 g/mol. The number of hydrogen-bond donors (Lipinski definition) is 2. The van der Waals surface area contributed by atoms with E-state index >= 15 is 0 Å². The van der Waals surface area contributed by atoms with Gasteiger partial charge in [0.2, 0.25) is 0 Å². The van der Waals surface area contributed by atoms with Crippen molar-refractivity contribution in [1.82, 2.24) is 15.2 Å². The van der Waals surface area contributed by atoms with Crippen LogP contribution in [0.1, 0.15) is 37.2 Å². The summed E-state index contributed by atoms with van der Waals surface area (Å²) < 4.78 is 7.12. The zero-order valence-corrected chi connectivity index (χ0v) is 12.6. The Bertz CT molecular complexity index is 582. The molecule has 0 aliphatic rings. The highest BCUT2D eigenvalue weighted by Gasteiger charge is 2.22. The van der Waals surface area contributed by atoms with E-state index in [1.54, 1.807) is 13.3 Å². The Morgan fingerprint density at radius 2 is 2.15 bits per heavy atom. The second-order valence-corrected chi connectivity index (χ2v) is 5.20. The summed E-state index contributed by atoms with van der Waals surface area (Å²) in [7, 11) is 1.63. The van der Waals surface area contributed by atoms with Crippen LogP contribution >= 0.6 is 11.6 Å². The zero-order valence-electron chi connectivity index (χ0n) is 11.8. The average molecular weight is 295 g/mol. The number of halogens is 1. The normalized spacial score (nSPS) is 12.7. The van der Waals surface area contributed by atoms with E-state index in [4.69, 9.17) is 22.2 Å². The first-order chi connectivity index (χ1) is 9.58. The van der Waals surface area contributed by atoms with Crippen molar-refractivity contribution in [3.8, 4) is 5.75 Å². The Balaban J connectivity index is 2.49. The van der Waals surface area contributed by atoms with Crippen LogP contribution in [-0.2, 0) is 0 Å². The van der Waals surface area contributed by atoms with Gasteiger partial charge in [0, 0.05) is 6.04 Å². The minimum atomic E-state index is -0.248. The van der Waals surface area contributed by atoms with Crippen LogP contribution in [0.4, 0.5) is 0 Å². The van der Waals surface area contributed by atoms with E-state index in [0.717, 1.165) is 17.0 Å². The van der Waals surface area contributed by atoms with Gasteiger partial charge >= 0.3 is 0 Å². The Kier molecular flexibility index (Phi) is 4.65. The first-order valence-corrected chi connectivity index (χ1v) is 6.79. The number of nitrogens with one attached hydrogen (secondary N) is 1. The van der Waals surface area contributed by atoms with Gasteiger partial charge in [0.25, 0.3) is 0 Å². The van der Waals surface area contributed by atoms with Gasteiger partial charge in [0.05, 0.1) is 30.1 Å². The summed E-state index contributed by atoms with van der Waals surface area (Å²) >= 11 is 6.28. The van der Waals surface area contributed by atoms with Crippen molar-refractivity contribution in [3.05, 3.63) is 46.7 Å². The number of hydrazine groups is 1. The third-order valence-corrected chi connectivity index (χ3v) is 3.43. The van der Waals surface area contributed by atoms with Crippen LogP contribution in [0.2, 0.25) is 5.02 Å². The predicted molar refractivity (Wildman–Crippen MR) is 79.8 cm³/mol. The summed E-state index contributed by atoms with van der Waals surface area (Å²) in [5.41, 5.74) is 4.62. The largest absolute Gasteiger partial charge is 0.497 e. The molecule has 1 aromatic heterocycles. The van der Waals surface area contributed by atoms with Crippen molar-refractivity contribution in [3.63, 3.8) is 0 Å². The van der Waals surface area contributed by atoms with E-state index in [-0.39, 0.29) is 12.1 Å². The van der Waals surface area contributed by atoms with Gasteiger partial charge in [-0.3, -0.25) is 10.5 Å². The van der Waals surface area contributed by atoms with Gasteiger partial charge in [0.15, 0.2) is 0 Å². The van der Waals surface area contributed by atoms with E-state index < -0.39 is 0 Å². The Morgan fingerprint density at radius 3 is 2.75 bits per heavy atom. The van der Waals surface area contributed by atoms with Crippen LogP contribution in [0.25, 0.3) is 0 Å². The highest BCUT2D eigenvalue weighted by molar-refractivity contribution is 6.31. The molecule has 0 bridgehead atoms. The number of nitrogens with zero attached hydrogens (tertiary/aromatic N) is 2. The minimum absolute atomic E-state index is 0.193. The maximum Gasteiger partial charge on any atom is 0.119 e. The number of aromatic nitrogens is 2. The molecular formula is C14H19ClN4O. The summed E-state index contributed by atoms with van der Waals surface area (Å²) in [5.74, 6) is 6.51. The van der Waals surface area contributed by atoms with Gasteiger partial charge in [-0.05, 0) is 31.5 Å². The van der Waals surface area contributed by atoms with Crippen molar-refractivity contribution < 1.29 is 4.74 Å². The number of hydrogen-bond acceptors (Lipinski definition) is 4. The number of nitrogens with two attached hydrogens (primary N) is 1. The van der Waals surface area contributed by atoms with Crippen LogP contribution in [0, 0.1) is 0 Å². The van der Waals surface area contributed by atoms with Gasteiger partial charge in [-0.15, -0.1) is 0 Å². The number of methoxy groups -OCH3 is 1. The maximum atomic E-state index is 6.28. The maximum absolute atomic E-state index is 6.28. The van der Waals surface area contributed by atoms with Crippen molar-refractivity contribution >= 4 is 11.6 Å². The molecule has 0 amide bonds. The zero-order chi connectivity index (χ0) is 14.7. The highest BCUT2D eigenvalue weighted by Crippen LogP contribution is 2.31. The third-order valence-electron chi connectivity index (χ3n) is 3.14. The number of rotatable bonds is 5. The monoisotopic (exact) mass is 294 g/mol. The molecule has 0 radical (unpaired) electrons. The fourth-order valence-electron chi connectivity index (χ4n) is 2.19. The molecule has 1 heterocycles. The lowest BCUT2D eigenvalue weighted by Crippen LogP contribution is -2.31. The molecule has 0 saturated carbocycles. The van der Waals surface area contributed by atoms with Gasteiger partial charge in [-0.2, -0.15) is 5.10 Å². The van der Waals surface area contributed by atoms with Crippen LogP contribution < -0.4 is 16.0 Å². The fourth-order valence-corrected chi connectivity index (χ4v) is 2.43. The fraction of sp³-hybridized carbons (Fsp3) is 0.357. The standard InChI is InChI=1S/C14H19ClN4O/c1-9(2)19-14(12(15)8-17-19)13(18-16)10-5-4-6-11(7-10)20-3/h4-9,13,18H,16H2,1-3H3. The van der Waals surface area contributed by atoms with Crippen LogP contribution in [0.5, 0.6) is 5.75 Å². The number of benzene rings is 1. The molecule has 2 rings (SSSR count). The molecule has 1 atom stereocenters. The molecule has 0 fully saturated rings. The minimum Gasteiger partial charge on any atom is -0.497 e. The predicted octanol–water partition coefficient (Wildman–Crippen LogP) is 2.68. The average Bonchev–Trinajstić information content (AvgIpc) is 2.82. The Hall–Kier alpha value is -1.56. The van der Waals surface area contributed by atoms with Crippen LogP contribution in [0.3, 0.4) is 0 Å². The van der Waals surface area contributed by atoms with E-state index in [1.807, 2.05) is 42.8 Å². The first-order valence-electron chi connectivity index (χ1n) is 6.41. The van der Waals surface area contributed by atoms with Gasteiger partial charge < -0.3 is 4.74 Å². The smallest absolute Gasteiger partial charge is 0.119 e.